The van der Waals surface area contributed by atoms with Gasteiger partial charge >= 0.3 is 0 Å². The molecule has 2 aromatic carbocycles. The normalized spacial score (nSPS) is 11.2. The Balaban J connectivity index is 1.78. The standard InChI is InChI=1S/C17H20ClN3O3S/c1-12-2-5-14(18)10-16(12)21-11-17(22)20-9-8-13-3-6-15(7-4-13)25(19,23)24/h2-7,10,21H,8-9,11H2,1H3,(H,20,22)(H2,19,23,24). The van der Waals surface area contributed by atoms with Crippen LogP contribution in [0.1, 0.15) is 11.1 Å². The number of sulfonamides is 1. The minimum absolute atomic E-state index is 0.0707. The molecule has 0 unspecified atom stereocenters. The molecule has 0 spiro atoms. The highest BCUT2D eigenvalue weighted by molar-refractivity contribution is 7.89. The lowest BCUT2D eigenvalue weighted by molar-refractivity contribution is -0.119. The summed E-state index contributed by atoms with van der Waals surface area (Å²) in [6, 6.07) is 11.7. The molecule has 0 radical (unpaired) electrons. The van der Waals surface area contributed by atoms with Crippen molar-refractivity contribution in [1.82, 2.24) is 5.32 Å². The van der Waals surface area contributed by atoms with Crippen LogP contribution in [0.5, 0.6) is 0 Å². The molecule has 0 fully saturated rings. The number of hydrogen-bond donors (Lipinski definition) is 3. The second kappa shape index (κ2) is 8.33. The largest absolute Gasteiger partial charge is 0.376 e. The number of anilines is 1. The number of primary sulfonamides is 1. The van der Waals surface area contributed by atoms with Gasteiger partial charge in [0.05, 0.1) is 11.4 Å². The first-order valence-electron chi connectivity index (χ1n) is 7.64. The maximum absolute atomic E-state index is 11.9. The summed E-state index contributed by atoms with van der Waals surface area (Å²) in [6.07, 6.45) is 0.590. The molecule has 1 amide bonds. The van der Waals surface area contributed by atoms with Crippen LogP contribution in [0.3, 0.4) is 0 Å². The summed E-state index contributed by atoms with van der Waals surface area (Å²) in [4.78, 5) is 12.0. The SMILES string of the molecule is Cc1ccc(Cl)cc1NCC(=O)NCCc1ccc(S(N)(=O)=O)cc1. The Labute approximate surface area is 152 Å². The lowest BCUT2D eigenvalue weighted by atomic mass is 10.1. The van der Waals surface area contributed by atoms with Crippen molar-refractivity contribution < 1.29 is 13.2 Å². The number of hydrogen-bond acceptors (Lipinski definition) is 4. The van der Waals surface area contributed by atoms with Crippen LogP contribution in [0.15, 0.2) is 47.4 Å². The van der Waals surface area contributed by atoms with E-state index in [1.165, 1.54) is 12.1 Å². The van der Waals surface area contributed by atoms with Gasteiger partial charge in [-0.3, -0.25) is 4.79 Å². The minimum Gasteiger partial charge on any atom is -0.376 e. The molecule has 4 N–H and O–H groups in total. The molecule has 0 aliphatic carbocycles. The third-order valence-electron chi connectivity index (χ3n) is 3.63. The Kier molecular flexibility index (Phi) is 6.41. The van der Waals surface area contributed by atoms with Gasteiger partial charge in [-0.1, -0.05) is 29.8 Å². The van der Waals surface area contributed by atoms with Gasteiger partial charge in [0.1, 0.15) is 0 Å². The lowest BCUT2D eigenvalue weighted by Gasteiger charge is -2.10. The molecule has 0 bridgehead atoms. The summed E-state index contributed by atoms with van der Waals surface area (Å²) < 4.78 is 22.4. The second-order valence-electron chi connectivity index (χ2n) is 5.60. The fraction of sp³-hybridized carbons (Fsp3) is 0.235. The Hall–Kier alpha value is -2.09. The Bertz CT molecular complexity index is 852. The van der Waals surface area contributed by atoms with Gasteiger partial charge in [0.15, 0.2) is 0 Å². The molecular formula is C17H20ClN3O3S. The van der Waals surface area contributed by atoms with Gasteiger partial charge in [0.2, 0.25) is 15.9 Å². The minimum atomic E-state index is -3.68. The van der Waals surface area contributed by atoms with Crippen LogP contribution in [0.25, 0.3) is 0 Å². The van der Waals surface area contributed by atoms with Crippen molar-refractivity contribution in [2.75, 3.05) is 18.4 Å². The van der Waals surface area contributed by atoms with Gasteiger partial charge in [-0.2, -0.15) is 0 Å². The first-order valence-corrected chi connectivity index (χ1v) is 9.56. The third-order valence-corrected chi connectivity index (χ3v) is 4.79. The van der Waals surface area contributed by atoms with E-state index in [0.717, 1.165) is 16.8 Å². The predicted octanol–water partition coefficient (Wildman–Crippen LogP) is 2.07. The van der Waals surface area contributed by atoms with Crippen molar-refractivity contribution in [3.63, 3.8) is 0 Å². The topological polar surface area (TPSA) is 101 Å². The average Bonchev–Trinajstić information content (AvgIpc) is 2.55. The molecular weight excluding hydrogens is 362 g/mol. The van der Waals surface area contributed by atoms with E-state index in [1.54, 1.807) is 24.3 Å². The third kappa shape index (κ3) is 6.04. The van der Waals surface area contributed by atoms with Gasteiger partial charge in [0, 0.05) is 17.3 Å². The summed E-state index contributed by atoms with van der Waals surface area (Å²) in [7, 11) is -3.68. The van der Waals surface area contributed by atoms with Crippen molar-refractivity contribution in [2.24, 2.45) is 5.14 Å². The molecule has 2 aromatic rings. The summed E-state index contributed by atoms with van der Waals surface area (Å²) in [6.45, 7) is 2.52. The van der Waals surface area contributed by atoms with E-state index in [2.05, 4.69) is 10.6 Å². The van der Waals surface area contributed by atoms with Crippen molar-refractivity contribution >= 4 is 33.2 Å². The maximum Gasteiger partial charge on any atom is 0.239 e. The zero-order valence-electron chi connectivity index (χ0n) is 13.8. The molecule has 0 heterocycles. The van der Waals surface area contributed by atoms with E-state index in [9.17, 15) is 13.2 Å². The number of carbonyl (C=O) groups is 1. The number of nitrogens with two attached hydrogens (primary N) is 1. The summed E-state index contributed by atoms with van der Waals surface area (Å²) in [5.74, 6) is -0.138. The molecule has 0 atom stereocenters. The number of carbonyl (C=O) groups excluding carboxylic acids is 1. The van der Waals surface area contributed by atoms with Crippen LogP contribution in [0, 0.1) is 6.92 Å². The highest BCUT2D eigenvalue weighted by Crippen LogP contribution is 2.19. The number of aryl methyl sites for hydroxylation is 1. The summed E-state index contributed by atoms with van der Waals surface area (Å²) in [5, 5.41) is 11.5. The Morgan fingerprint density at radius 3 is 2.48 bits per heavy atom. The van der Waals surface area contributed by atoms with Crippen molar-refractivity contribution in [3.05, 3.63) is 58.6 Å². The molecule has 0 aromatic heterocycles. The highest BCUT2D eigenvalue weighted by Gasteiger charge is 2.07. The molecule has 0 aliphatic heterocycles. The molecule has 0 aliphatic rings. The predicted molar refractivity (Wildman–Crippen MR) is 99.2 cm³/mol. The van der Waals surface area contributed by atoms with Crippen LogP contribution in [-0.2, 0) is 21.2 Å². The van der Waals surface area contributed by atoms with Crippen LogP contribution in [-0.4, -0.2) is 27.4 Å². The monoisotopic (exact) mass is 381 g/mol. The smallest absolute Gasteiger partial charge is 0.239 e. The van der Waals surface area contributed by atoms with Crippen LogP contribution < -0.4 is 15.8 Å². The van der Waals surface area contributed by atoms with E-state index in [1.807, 2.05) is 13.0 Å². The molecule has 0 saturated heterocycles. The number of halogens is 1. The number of rotatable bonds is 7. The fourth-order valence-electron chi connectivity index (χ4n) is 2.21. The molecule has 134 valence electrons. The average molecular weight is 382 g/mol. The van der Waals surface area contributed by atoms with Crippen molar-refractivity contribution in [1.29, 1.82) is 0 Å². The van der Waals surface area contributed by atoms with Crippen LogP contribution in [0.4, 0.5) is 5.69 Å². The second-order valence-corrected chi connectivity index (χ2v) is 7.60. The van der Waals surface area contributed by atoms with E-state index in [4.69, 9.17) is 16.7 Å². The van der Waals surface area contributed by atoms with Crippen molar-refractivity contribution in [3.8, 4) is 0 Å². The first kappa shape index (κ1) is 19.2. The van der Waals surface area contributed by atoms with Gasteiger partial charge in [-0.15, -0.1) is 0 Å². The first-order chi connectivity index (χ1) is 11.8. The van der Waals surface area contributed by atoms with Gasteiger partial charge in [-0.25, -0.2) is 13.6 Å². The van der Waals surface area contributed by atoms with E-state index >= 15 is 0 Å². The van der Waals surface area contributed by atoms with E-state index in [-0.39, 0.29) is 17.3 Å². The lowest BCUT2D eigenvalue weighted by Crippen LogP contribution is -2.31. The summed E-state index contributed by atoms with van der Waals surface area (Å²) in [5.41, 5.74) is 2.74. The Morgan fingerprint density at radius 1 is 1.16 bits per heavy atom. The van der Waals surface area contributed by atoms with Crippen LogP contribution >= 0.6 is 11.6 Å². The maximum atomic E-state index is 11.9. The van der Waals surface area contributed by atoms with E-state index < -0.39 is 10.0 Å². The zero-order valence-corrected chi connectivity index (χ0v) is 15.3. The molecule has 2 rings (SSSR count). The highest BCUT2D eigenvalue weighted by atomic mass is 35.5. The molecule has 25 heavy (non-hydrogen) atoms. The van der Waals surface area contributed by atoms with Gasteiger partial charge in [0.25, 0.3) is 0 Å². The molecule has 6 nitrogen and oxygen atoms in total. The van der Waals surface area contributed by atoms with Crippen molar-refractivity contribution in [2.45, 2.75) is 18.2 Å². The zero-order chi connectivity index (χ0) is 18.4. The summed E-state index contributed by atoms with van der Waals surface area (Å²) >= 11 is 5.94. The van der Waals surface area contributed by atoms with Crippen LogP contribution in [0.2, 0.25) is 5.02 Å². The molecule has 0 saturated carbocycles. The number of benzene rings is 2. The van der Waals surface area contributed by atoms with Gasteiger partial charge < -0.3 is 10.6 Å². The van der Waals surface area contributed by atoms with Gasteiger partial charge in [-0.05, 0) is 48.7 Å². The van der Waals surface area contributed by atoms with E-state index in [0.29, 0.717) is 18.0 Å². The number of amides is 1. The number of nitrogens with one attached hydrogen (secondary N) is 2. The molecule has 8 heteroatoms. The fourth-order valence-corrected chi connectivity index (χ4v) is 2.90. The Morgan fingerprint density at radius 2 is 1.84 bits per heavy atom. The quantitative estimate of drug-likeness (QED) is 0.683.